The summed E-state index contributed by atoms with van der Waals surface area (Å²) in [5, 5.41) is 11.1. The third-order valence-electron chi connectivity index (χ3n) is 2.73. The summed E-state index contributed by atoms with van der Waals surface area (Å²) < 4.78 is 5.29. The van der Waals surface area contributed by atoms with Crippen LogP contribution in [0.3, 0.4) is 0 Å². The van der Waals surface area contributed by atoms with E-state index in [9.17, 15) is 4.79 Å². The Balaban J connectivity index is 1.68. The van der Waals surface area contributed by atoms with Gasteiger partial charge in [-0.15, -0.1) is 0 Å². The molecule has 1 fully saturated rings. The summed E-state index contributed by atoms with van der Waals surface area (Å²) in [4.78, 5) is 13.4. The number of hydrogen-bond donors (Lipinski definition) is 1. The number of amides is 1. The van der Waals surface area contributed by atoms with Gasteiger partial charge in [-0.25, -0.2) is 4.79 Å². The van der Waals surface area contributed by atoms with Crippen LogP contribution < -0.4 is 5.32 Å². The molecule has 0 spiro atoms. The van der Waals surface area contributed by atoms with Crippen LogP contribution in [0.4, 0.5) is 4.79 Å². The first-order chi connectivity index (χ1) is 8.94. The minimum atomic E-state index is -0.435. The summed E-state index contributed by atoms with van der Waals surface area (Å²) in [5.41, 5.74) is 0.466. The molecular formula is C13H20N4O2. The molecular weight excluding hydrogens is 244 g/mol. The highest BCUT2D eigenvalue weighted by Crippen LogP contribution is 2.15. The highest BCUT2D eigenvalue weighted by atomic mass is 16.6. The molecule has 0 aliphatic carbocycles. The van der Waals surface area contributed by atoms with E-state index in [0.29, 0.717) is 25.7 Å². The van der Waals surface area contributed by atoms with Gasteiger partial charge in [0.1, 0.15) is 5.60 Å². The molecule has 0 aromatic carbocycles. The lowest BCUT2D eigenvalue weighted by Gasteiger charge is -2.40. The molecule has 0 radical (unpaired) electrons. The summed E-state index contributed by atoms with van der Waals surface area (Å²) in [6, 6.07) is 4.08. The van der Waals surface area contributed by atoms with Crippen molar-refractivity contribution < 1.29 is 9.53 Å². The maximum atomic E-state index is 11.7. The molecule has 0 atom stereocenters. The van der Waals surface area contributed by atoms with Gasteiger partial charge in [0, 0.05) is 31.9 Å². The van der Waals surface area contributed by atoms with Crippen LogP contribution in [0.25, 0.3) is 0 Å². The van der Waals surface area contributed by atoms with E-state index in [1.165, 1.54) is 0 Å². The fourth-order valence-corrected chi connectivity index (χ4v) is 1.76. The summed E-state index contributed by atoms with van der Waals surface area (Å²) in [7, 11) is 0. The highest BCUT2D eigenvalue weighted by Gasteiger charge is 2.33. The van der Waals surface area contributed by atoms with Crippen LogP contribution in [0.5, 0.6) is 0 Å². The number of nitrogens with one attached hydrogen (secondary N) is 1. The van der Waals surface area contributed by atoms with Gasteiger partial charge in [0.25, 0.3) is 0 Å². The van der Waals surface area contributed by atoms with E-state index in [-0.39, 0.29) is 6.09 Å². The van der Waals surface area contributed by atoms with Gasteiger partial charge in [-0.05, 0) is 32.9 Å². The molecule has 2 rings (SSSR count). The quantitative estimate of drug-likeness (QED) is 0.888. The molecule has 6 heteroatoms. The van der Waals surface area contributed by atoms with E-state index < -0.39 is 5.60 Å². The van der Waals surface area contributed by atoms with Gasteiger partial charge in [0.2, 0.25) is 0 Å². The lowest BCUT2D eigenvalue weighted by Crippen LogP contribution is -2.60. The zero-order valence-corrected chi connectivity index (χ0v) is 11.6. The first kappa shape index (κ1) is 13.7. The van der Waals surface area contributed by atoms with Gasteiger partial charge >= 0.3 is 6.09 Å². The van der Waals surface area contributed by atoms with Crippen molar-refractivity contribution in [2.24, 2.45) is 0 Å². The Kier molecular flexibility index (Phi) is 3.99. The van der Waals surface area contributed by atoms with Gasteiger partial charge in [0.05, 0.1) is 5.69 Å². The number of carbonyl (C=O) groups is 1. The molecule has 6 nitrogen and oxygen atoms in total. The SMILES string of the molecule is CC(C)(C)OC(=O)N1CC(NCc2cccnn2)C1. The van der Waals surface area contributed by atoms with Crippen LogP contribution in [0, 0.1) is 0 Å². The van der Waals surface area contributed by atoms with Crippen LogP contribution in [0.15, 0.2) is 18.3 Å². The average molecular weight is 264 g/mol. The van der Waals surface area contributed by atoms with Gasteiger partial charge in [-0.3, -0.25) is 0 Å². The molecule has 104 valence electrons. The van der Waals surface area contributed by atoms with Crippen molar-refractivity contribution in [3.63, 3.8) is 0 Å². The van der Waals surface area contributed by atoms with Crippen LogP contribution in [0.2, 0.25) is 0 Å². The van der Waals surface area contributed by atoms with E-state index >= 15 is 0 Å². The van der Waals surface area contributed by atoms with Crippen molar-refractivity contribution in [1.29, 1.82) is 0 Å². The summed E-state index contributed by atoms with van der Waals surface area (Å²) in [6.45, 7) is 7.63. The fourth-order valence-electron chi connectivity index (χ4n) is 1.76. The first-order valence-corrected chi connectivity index (χ1v) is 6.42. The highest BCUT2D eigenvalue weighted by molar-refractivity contribution is 5.69. The number of nitrogens with zero attached hydrogens (tertiary/aromatic N) is 3. The Labute approximate surface area is 113 Å². The second-order valence-corrected chi connectivity index (χ2v) is 5.68. The normalized spacial score (nSPS) is 16.1. The minimum absolute atomic E-state index is 0.245. The summed E-state index contributed by atoms with van der Waals surface area (Å²) in [5.74, 6) is 0. The second-order valence-electron chi connectivity index (χ2n) is 5.68. The molecule has 1 aromatic rings. The number of carbonyl (C=O) groups excluding carboxylic acids is 1. The molecule has 1 saturated heterocycles. The molecule has 1 aliphatic heterocycles. The Bertz CT molecular complexity index is 424. The van der Waals surface area contributed by atoms with Crippen molar-refractivity contribution in [1.82, 2.24) is 20.4 Å². The smallest absolute Gasteiger partial charge is 0.410 e. The topological polar surface area (TPSA) is 67.3 Å². The van der Waals surface area contributed by atoms with E-state index in [1.54, 1.807) is 11.1 Å². The first-order valence-electron chi connectivity index (χ1n) is 6.42. The predicted octanol–water partition coefficient (Wildman–Crippen LogP) is 1.19. The van der Waals surface area contributed by atoms with Gasteiger partial charge in [-0.2, -0.15) is 10.2 Å². The van der Waals surface area contributed by atoms with E-state index in [1.807, 2.05) is 32.9 Å². The molecule has 1 amide bonds. The number of rotatable bonds is 3. The van der Waals surface area contributed by atoms with Crippen molar-refractivity contribution in [2.45, 2.75) is 39.0 Å². The largest absolute Gasteiger partial charge is 0.444 e. The van der Waals surface area contributed by atoms with Gasteiger partial charge < -0.3 is 15.0 Å². The third-order valence-corrected chi connectivity index (χ3v) is 2.73. The number of likely N-dealkylation sites (tertiary alicyclic amines) is 1. The Morgan fingerprint density at radius 2 is 2.26 bits per heavy atom. The summed E-state index contributed by atoms with van der Waals surface area (Å²) >= 11 is 0. The van der Waals surface area contributed by atoms with E-state index in [2.05, 4.69) is 15.5 Å². The zero-order valence-electron chi connectivity index (χ0n) is 11.6. The van der Waals surface area contributed by atoms with Gasteiger partial charge in [0.15, 0.2) is 0 Å². The van der Waals surface area contributed by atoms with Gasteiger partial charge in [-0.1, -0.05) is 0 Å². The standard InChI is InChI=1S/C13H20N4O2/c1-13(2,3)19-12(18)17-8-11(9-17)14-7-10-5-4-6-15-16-10/h4-6,11,14H,7-9H2,1-3H3. The van der Waals surface area contributed by atoms with Crippen LogP contribution in [-0.4, -0.2) is 45.9 Å². The maximum absolute atomic E-state index is 11.7. The van der Waals surface area contributed by atoms with Crippen molar-refractivity contribution in [2.75, 3.05) is 13.1 Å². The van der Waals surface area contributed by atoms with Crippen LogP contribution >= 0.6 is 0 Å². The molecule has 0 unspecified atom stereocenters. The lowest BCUT2D eigenvalue weighted by atomic mass is 10.1. The van der Waals surface area contributed by atoms with Crippen molar-refractivity contribution in [3.8, 4) is 0 Å². The number of ether oxygens (including phenoxy) is 1. The fraction of sp³-hybridized carbons (Fsp3) is 0.615. The Morgan fingerprint density at radius 3 is 2.84 bits per heavy atom. The second kappa shape index (κ2) is 5.52. The van der Waals surface area contributed by atoms with Crippen molar-refractivity contribution in [3.05, 3.63) is 24.0 Å². The molecule has 19 heavy (non-hydrogen) atoms. The van der Waals surface area contributed by atoms with E-state index in [0.717, 1.165) is 5.69 Å². The molecule has 0 bridgehead atoms. The molecule has 2 heterocycles. The minimum Gasteiger partial charge on any atom is -0.444 e. The number of aromatic nitrogens is 2. The molecule has 1 aliphatic rings. The Hall–Kier alpha value is -1.69. The Morgan fingerprint density at radius 1 is 1.53 bits per heavy atom. The van der Waals surface area contributed by atoms with Crippen molar-refractivity contribution >= 4 is 6.09 Å². The predicted molar refractivity (Wildman–Crippen MR) is 70.5 cm³/mol. The maximum Gasteiger partial charge on any atom is 0.410 e. The lowest BCUT2D eigenvalue weighted by molar-refractivity contribution is 0.00515. The average Bonchev–Trinajstić information content (AvgIpc) is 2.25. The molecule has 0 saturated carbocycles. The third kappa shape index (κ3) is 4.17. The monoisotopic (exact) mass is 264 g/mol. The van der Waals surface area contributed by atoms with E-state index in [4.69, 9.17) is 4.74 Å². The van der Waals surface area contributed by atoms with Crippen LogP contribution in [0.1, 0.15) is 26.5 Å². The molecule has 1 N–H and O–H groups in total. The zero-order chi connectivity index (χ0) is 13.9. The van der Waals surface area contributed by atoms with Crippen LogP contribution in [-0.2, 0) is 11.3 Å². The number of hydrogen-bond acceptors (Lipinski definition) is 5. The molecule has 1 aromatic heterocycles. The summed E-state index contributed by atoms with van der Waals surface area (Å²) in [6.07, 6.45) is 1.40.